The van der Waals surface area contributed by atoms with Crippen molar-refractivity contribution >= 4 is 15.9 Å². The van der Waals surface area contributed by atoms with Gasteiger partial charge in [0.1, 0.15) is 0 Å². The average molecular weight is 221 g/mol. The predicted molar refractivity (Wildman–Crippen MR) is 56.3 cm³/mol. The van der Waals surface area contributed by atoms with Crippen molar-refractivity contribution in [2.75, 3.05) is 5.33 Å². The Labute approximate surface area is 79.9 Å². The molecule has 0 N–H and O–H groups in total. The van der Waals surface area contributed by atoms with Crippen molar-refractivity contribution in [1.82, 2.24) is 0 Å². The molecule has 0 aromatic rings. The van der Waals surface area contributed by atoms with Crippen LogP contribution in [0.5, 0.6) is 0 Å². The average Bonchev–Trinajstić information content (AvgIpc) is 2.05. The molecule has 0 aromatic carbocycles. The van der Waals surface area contributed by atoms with E-state index in [0.717, 1.165) is 5.33 Å². The normalized spacial score (nSPS) is 16.4. The van der Waals surface area contributed by atoms with E-state index in [1.165, 1.54) is 32.1 Å². The molecular weight excluding hydrogens is 200 g/mol. The van der Waals surface area contributed by atoms with E-state index in [1.54, 1.807) is 0 Å². The molecular formula is C10H21Br. The highest BCUT2D eigenvalue weighted by molar-refractivity contribution is 9.09. The molecule has 68 valence electrons. The lowest BCUT2D eigenvalue weighted by molar-refractivity contribution is 0.319. The maximum absolute atomic E-state index is 3.58. The van der Waals surface area contributed by atoms with Crippen molar-refractivity contribution in [2.45, 2.75) is 52.9 Å². The summed E-state index contributed by atoms with van der Waals surface area (Å²) in [7, 11) is 0. The Morgan fingerprint density at radius 3 is 2.18 bits per heavy atom. The molecule has 0 spiro atoms. The first-order valence-electron chi connectivity index (χ1n) is 4.74. The fourth-order valence-corrected chi connectivity index (χ4v) is 1.82. The minimum Gasteiger partial charge on any atom is -0.0922 e. The smallest absolute Gasteiger partial charge is 0.00852 e. The molecule has 1 unspecified atom stereocenters. The van der Waals surface area contributed by atoms with Gasteiger partial charge in [-0.1, -0.05) is 56.0 Å². The molecule has 1 heteroatoms. The number of hydrogen-bond donors (Lipinski definition) is 0. The molecule has 0 aliphatic heterocycles. The number of hydrogen-bond acceptors (Lipinski definition) is 0. The summed E-state index contributed by atoms with van der Waals surface area (Å²) in [4.78, 5) is 0. The second-order valence-corrected chi connectivity index (χ2v) is 4.32. The van der Waals surface area contributed by atoms with Gasteiger partial charge < -0.3 is 0 Å². The Hall–Kier alpha value is 0.480. The van der Waals surface area contributed by atoms with Gasteiger partial charge in [0.15, 0.2) is 0 Å². The molecule has 0 aliphatic rings. The van der Waals surface area contributed by atoms with Gasteiger partial charge in [0.2, 0.25) is 0 Å². The zero-order valence-electron chi connectivity index (χ0n) is 8.12. The fourth-order valence-electron chi connectivity index (χ4n) is 1.14. The van der Waals surface area contributed by atoms with Gasteiger partial charge in [0, 0.05) is 5.33 Å². The van der Waals surface area contributed by atoms with E-state index < -0.39 is 0 Å². The van der Waals surface area contributed by atoms with Crippen LogP contribution in [0.3, 0.4) is 0 Å². The summed E-state index contributed by atoms with van der Waals surface area (Å²) in [6.45, 7) is 6.92. The molecule has 1 atom stereocenters. The summed E-state index contributed by atoms with van der Waals surface area (Å²) in [5.74, 6) is 0. The highest BCUT2D eigenvalue weighted by atomic mass is 79.9. The zero-order chi connectivity index (χ0) is 8.74. The second kappa shape index (κ2) is 6.05. The van der Waals surface area contributed by atoms with Crippen molar-refractivity contribution in [3.8, 4) is 0 Å². The highest BCUT2D eigenvalue weighted by Crippen LogP contribution is 2.30. The molecule has 0 amide bonds. The monoisotopic (exact) mass is 220 g/mol. The van der Waals surface area contributed by atoms with Crippen LogP contribution in [0.4, 0.5) is 0 Å². The minimum absolute atomic E-state index is 0.551. The van der Waals surface area contributed by atoms with Crippen LogP contribution in [-0.2, 0) is 0 Å². The third-order valence-corrected chi connectivity index (χ3v) is 3.91. The summed E-state index contributed by atoms with van der Waals surface area (Å²) in [5.41, 5.74) is 0.551. The summed E-state index contributed by atoms with van der Waals surface area (Å²) >= 11 is 3.58. The van der Waals surface area contributed by atoms with E-state index in [0.29, 0.717) is 5.41 Å². The highest BCUT2D eigenvalue weighted by Gasteiger charge is 2.18. The Morgan fingerprint density at radius 1 is 1.18 bits per heavy atom. The van der Waals surface area contributed by atoms with E-state index in [1.807, 2.05) is 0 Å². The molecule has 0 aromatic heterocycles. The quantitative estimate of drug-likeness (QED) is 0.461. The lowest BCUT2D eigenvalue weighted by atomic mass is 9.84. The summed E-state index contributed by atoms with van der Waals surface area (Å²) < 4.78 is 0. The maximum atomic E-state index is 3.58. The maximum Gasteiger partial charge on any atom is 0.00852 e. The molecule has 0 nitrogen and oxygen atoms in total. The van der Waals surface area contributed by atoms with Crippen LogP contribution < -0.4 is 0 Å². The molecule has 0 radical (unpaired) electrons. The van der Waals surface area contributed by atoms with Crippen LogP contribution in [0.2, 0.25) is 0 Å². The van der Waals surface area contributed by atoms with Gasteiger partial charge in [-0.3, -0.25) is 0 Å². The first kappa shape index (κ1) is 11.5. The standard InChI is InChI=1S/C10H21Br/c1-4-6-7-8-10(3,5-2)9-11/h4-9H2,1-3H3. The fraction of sp³-hybridized carbons (Fsp3) is 1.00. The van der Waals surface area contributed by atoms with Gasteiger partial charge >= 0.3 is 0 Å². The molecule has 0 rings (SSSR count). The van der Waals surface area contributed by atoms with Gasteiger partial charge in [0.25, 0.3) is 0 Å². The van der Waals surface area contributed by atoms with Crippen molar-refractivity contribution < 1.29 is 0 Å². The molecule has 0 fully saturated rings. The third kappa shape index (κ3) is 4.84. The molecule has 11 heavy (non-hydrogen) atoms. The van der Waals surface area contributed by atoms with Crippen molar-refractivity contribution in [2.24, 2.45) is 5.41 Å². The Kier molecular flexibility index (Phi) is 6.31. The van der Waals surface area contributed by atoms with Crippen LogP contribution in [0.25, 0.3) is 0 Å². The Balaban J connectivity index is 3.51. The van der Waals surface area contributed by atoms with Gasteiger partial charge in [0.05, 0.1) is 0 Å². The van der Waals surface area contributed by atoms with Gasteiger partial charge in [-0.05, 0) is 18.3 Å². The SMILES string of the molecule is CCCCCC(C)(CC)CBr. The number of rotatable bonds is 6. The Bertz CT molecular complexity index is 84.9. The molecule has 0 heterocycles. The van der Waals surface area contributed by atoms with Crippen LogP contribution in [0, 0.1) is 5.41 Å². The van der Waals surface area contributed by atoms with Gasteiger partial charge in [-0.15, -0.1) is 0 Å². The van der Waals surface area contributed by atoms with Crippen LogP contribution in [0.1, 0.15) is 52.9 Å². The predicted octanol–water partition coefficient (Wildman–Crippen LogP) is 4.38. The number of halogens is 1. The van der Waals surface area contributed by atoms with Crippen molar-refractivity contribution in [3.63, 3.8) is 0 Å². The van der Waals surface area contributed by atoms with Crippen molar-refractivity contribution in [1.29, 1.82) is 0 Å². The minimum atomic E-state index is 0.551. The summed E-state index contributed by atoms with van der Waals surface area (Å²) in [5, 5.41) is 1.15. The number of unbranched alkanes of at least 4 members (excludes halogenated alkanes) is 2. The van der Waals surface area contributed by atoms with E-state index >= 15 is 0 Å². The molecule has 0 saturated heterocycles. The molecule has 0 bridgehead atoms. The lowest BCUT2D eigenvalue weighted by Gasteiger charge is -2.25. The van der Waals surface area contributed by atoms with E-state index in [4.69, 9.17) is 0 Å². The summed E-state index contributed by atoms with van der Waals surface area (Å²) in [6.07, 6.45) is 6.79. The van der Waals surface area contributed by atoms with Crippen molar-refractivity contribution in [3.05, 3.63) is 0 Å². The first-order valence-corrected chi connectivity index (χ1v) is 5.86. The second-order valence-electron chi connectivity index (χ2n) is 3.75. The van der Waals surface area contributed by atoms with E-state index in [2.05, 4.69) is 36.7 Å². The molecule has 0 aliphatic carbocycles. The topological polar surface area (TPSA) is 0 Å². The Morgan fingerprint density at radius 2 is 1.82 bits per heavy atom. The van der Waals surface area contributed by atoms with Gasteiger partial charge in [-0.25, -0.2) is 0 Å². The third-order valence-electron chi connectivity index (χ3n) is 2.56. The van der Waals surface area contributed by atoms with Gasteiger partial charge in [-0.2, -0.15) is 0 Å². The summed E-state index contributed by atoms with van der Waals surface area (Å²) in [6, 6.07) is 0. The van der Waals surface area contributed by atoms with E-state index in [9.17, 15) is 0 Å². The number of alkyl halides is 1. The van der Waals surface area contributed by atoms with Crippen LogP contribution in [0.15, 0.2) is 0 Å². The van der Waals surface area contributed by atoms with Crippen LogP contribution in [-0.4, -0.2) is 5.33 Å². The lowest BCUT2D eigenvalue weighted by Crippen LogP contribution is -2.16. The first-order chi connectivity index (χ1) is 5.18. The largest absolute Gasteiger partial charge is 0.0922 e. The van der Waals surface area contributed by atoms with Crippen LogP contribution >= 0.6 is 15.9 Å². The molecule has 0 saturated carbocycles. The van der Waals surface area contributed by atoms with E-state index in [-0.39, 0.29) is 0 Å². The zero-order valence-corrected chi connectivity index (χ0v) is 9.71.